The van der Waals surface area contributed by atoms with Gasteiger partial charge in [0.15, 0.2) is 5.96 Å². The van der Waals surface area contributed by atoms with Crippen LogP contribution in [0.1, 0.15) is 45.1 Å². The van der Waals surface area contributed by atoms with Crippen LogP contribution in [0.15, 0.2) is 29.3 Å². The Morgan fingerprint density at radius 3 is 2.72 bits per heavy atom. The van der Waals surface area contributed by atoms with Gasteiger partial charge in [-0.05, 0) is 43.9 Å². The van der Waals surface area contributed by atoms with Crippen LogP contribution in [0.25, 0.3) is 0 Å². The zero-order valence-corrected chi connectivity index (χ0v) is 15.4. The lowest BCUT2D eigenvalue weighted by Crippen LogP contribution is -2.43. The number of amides is 1. The molecule has 6 heteroatoms. The first-order valence-electron chi connectivity index (χ1n) is 8.99. The zero-order valence-electron chi connectivity index (χ0n) is 15.4. The molecule has 0 heterocycles. The van der Waals surface area contributed by atoms with E-state index in [1.807, 2.05) is 19.9 Å². The highest BCUT2D eigenvalue weighted by Crippen LogP contribution is 2.47. The predicted octanol–water partition coefficient (Wildman–Crippen LogP) is 2.33. The van der Waals surface area contributed by atoms with Gasteiger partial charge in [-0.2, -0.15) is 0 Å². The summed E-state index contributed by atoms with van der Waals surface area (Å²) in [6.45, 7) is 5.26. The molecule has 1 aliphatic rings. The van der Waals surface area contributed by atoms with Crippen LogP contribution < -0.4 is 16.0 Å². The molecule has 1 aliphatic carbocycles. The Morgan fingerprint density at radius 2 is 2.12 bits per heavy atom. The van der Waals surface area contributed by atoms with Crippen molar-refractivity contribution in [2.24, 2.45) is 4.99 Å². The van der Waals surface area contributed by atoms with Gasteiger partial charge in [-0.3, -0.25) is 9.79 Å². The van der Waals surface area contributed by atoms with E-state index in [9.17, 15) is 9.18 Å². The number of guanidine groups is 1. The van der Waals surface area contributed by atoms with Crippen molar-refractivity contribution in [3.8, 4) is 0 Å². The first-order chi connectivity index (χ1) is 12.0. The van der Waals surface area contributed by atoms with Gasteiger partial charge in [0.2, 0.25) is 5.91 Å². The van der Waals surface area contributed by atoms with Gasteiger partial charge >= 0.3 is 0 Å². The Balaban J connectivity index is 1.76. The predicted molar refractivity (Wildman–Crippen MR) is 99.2 cm³/mol. The van der Waals surface area contributed by atoms with Gasteiger partial charge in [0.1, 0.15) is 5.82 Å². The fourth-order valence-corrected chi connectivity index (χ4v) is 2.75. The molecule has 1 fully saturated rings. The quantitative estimate of drug-likeness (QED) is 0.499. The summed E-state index contributed by atoms with van der Waals surface area (Å²) in [7, 11) is 1.70. The summed E-state index contributed by atoms with van der Waals surface area (Å²) in [6.07, 6.45) is 3.40. The molecule has 2 rings (SSSR count). The lowest BCUT2D eigenvalue weighted by molar-refractivity contribution is -0.121. The van der Waals surface area contributed by atoms with Crippen LogP contribution in [0.3, 0.4) is 0 Å². The Morgan fingerprint density at radius 1 is 1.36 bits per heavy atom. The molecular weight excluding hydrogens is 319 g/mol. The summed E-state index contributed by atoms with van der Waals surface area (Å²) in [5.74, 6) is 0.508. The molecule has 0 radical (unpaired) electrons. The second kappa shape index (κ2) is 8.83. The average Bonchev–Trinajstić information content (AvgIpc) is 3.39. The Kier molecular flexibility index (Phi) is 6.79. The van der Waals surface area contributed by atoms with Crippen LogP contribution in [0, 0.1) is 5.82 Å². The average molecular weight is 348 g/mol. The zero-order chi connectivity index (χ0) is 18.3. The summed E-state index contributed by atoms with van der Waals surface area (Å²) >= 11 is 0. The first-order valence-corrected chi connectivity index (χ1v) is 8.99. The van der Waals surface area contributed by atoms with Crippen molar-refractivity contribution in [3.63, 3.8) is 0 Å². The third-order valence-corrected chi connectivity index (χ3v) is 4.77. The third-order valence-electron chi connectivity index (χ3n) is 4.77. The van der Waals surface area contributed by atoms with E-state index in [-0.39, 0.29) is 23.2 Å². The van der Waals surface area contributed by atoms with Crippen LogP contribution in [0.5, 0.6) is 0 Å². The van der Waals surface area contributed by atoms with Gasteiger partial charge in [-0.25, -0.2) is 4.39 Å². The number of carbonyl (C=O) groups is 1. The van der Waals surface area contributed by atoms with Gasteiger partial charge in [-0.1, -0.05) is 19.1 Å². The summed E-state index contributed by atoms with van der Waals surface area (Å²) in [6, 6.07) is 7.02. The molecule has 1 atom stereocenters. The maximum atomic E-state index is 13.5. The topological polar surface area (TPSA) is 65.5 Å². The van der Waals surface area contributed by atoms with Crippen molar-refractivity contribution in [2.45, 2.75) is 51.0 Å². The molecule has 1 amide bonds. The molecule has 1 aromatic rings. The van der Waals surface area contributed by atoms with Crippen molar-refractivity contribution >= 4 is 11.9 Å². The molecule has 0 aromatic heterocycles. The van der Waals surface area contributed by atoms with Crippen molar-refractivity contribution in [3.05, 3.63) is 35.6 Å². The summed E-state index contributed by atoms with van der Waals surface area (Å²) < 4.78 is 13.5. The second-order valence-corrected chi connectivity index (χ2v) is 6.77. The smallest absolute Gasteiger partial charge is 0.221 e. The maximum Gasteiger partial charge on any atom is 0.221 e. The summed E-state index contributed by atoms with van der Waals surface area (Å²) in [5, 5.41) is 9.40. The number of benzene rings is 1. The summed E-state index contributed by atoms with van der Waals surface area (Å²) in [4.78, 5) is 16.0. The van der Waals surface area contributed by atoms with E-state index in [2.05, 4.69) is 20.9 Å². The fraction of sp³-hybridized carbons (Fsp3) is 0.579. The van der Waals surface area contributed by atoms with E-state index in [1.165, 1.54) is 6.07 Å². The largest absolute Gasteiger partial charge is 0.356 e. The van der Waals surface area contributed by atoms with E-state index in [0.29, 0.717) is 25.5 Å². The van der Waals surface area contributed by atoms with Crippen molar-refractivity contribution in [1.29, 1.82) is 0 Å². The fourth-order valence-electron chi connectivity index (χ4n) is 2.75. The standard InChI is InChI=1S/C19H29FN4O/c1-4-14(2)24-17(25)8-11-22-18(21-3)23-13-19(9-10-19)15-6-5-7-16(20)12-15/h5-7,12,14H,4,8-11,13H2,1-3H3,(H,24,25)(H2,21,22,23). The monoisotopic (exact) mass is 348 g/mol. The lowest BCUT2D eigenvalue weighted by atomic mass is 9.96. The third kappa shape index (κ3) is 5.73. The van der Waals surface area contributed by atoms with E-state index < -0.39 is 0 Å². The number of nitrogens with zero attached hydrogens (tertiary/aromatic N) is 1. The molecule has 0 aliphatic heterocycles. The molecule has 0 spiro atoms. The van der Waals surface area contributed by atoms with Crippen molar-refractivity contribution in [1.82, 2.24) is 16.0 Å². The van der Waals surface area contributed by atoms with Crippen LogP contribution in [0.4, 0.5) is 4.39 Å². The molecule has 1 unspecified atom stereocenters. The van der Waals surface area contributed by atoms with Crippen LogP contribution in [-0.2, 0) is 10.2 Å². The second-order valence-electron chi connectivity index (χ2n) is 6.77. The molecule has 138 valence electrons. The van der Waals surface area contributed by atoms with E-state index in [0.717, 1.165) is 24.8 Å². The van der Waals surface area contributed by atoms with Gasteiger partial charge < -0.3 is 16.0 Å². The first kappa shape index (κ1) is 19.2. The van der Waals surface area contributed by atoms with Gasteiger partial charge in [0, 0.05) is 38.0 Å². The Hall–Kier alpha value is -2.11. The highest BCUT2D eigenvalue weighted by molar-refractivity contribution is 5.81. The number of carbonyl (C=O) groups excluding carboxylic acids is 1. The normalized spacial score (nSPS) is 16.9. The van der Waals surface area contributed by atoms with E-state index >= 15 is 0 Å². The molecule has 3 N–H and O–H groups in total. The molecule has 1 aromatic carbocycles. The number of hydrogen-bond donors (Lipinski definition) is 3. The van der Waals surface area contributed by atoms with Crippen molar-refractivity contribution in [2.75, 3.05) is 20.1 Å². The van der Waals surface area contributed by atoms with Gasteiger partial charge in [0.05, 0.1) is 0 Å². The Bertz CT molecular complexity index is 613. The molecule has 1 saturated carbocycles. The number of aliphatic imine (C=N–C) groups is 1. The maximum absolute atomic E-state index is 13.5. The number of hydrogen-bond acceptors (Lipinski definition) is 2. The lowest BCUT2D eigenvalue weighted by Gasteiger charge is -2.19. The van der Waals surface area contributed by atoms with Gasteiger partial charge in [-0.15, -0.1) is 0 Å². The molecule has 25 heavy (non-hydrogen) atoms. The number of rotatable bonds is 8. The highest BCUT2D eigenvalue weighted by atomic mass is 19.1. The summed E-state index contributed by atoms with van der Waals surface area (Å²) in [5.41, 5.74) is 1.02. The molecule has 0 bridgehead atoms. The van der Waals surface area contributed by atoms with Crippen LogP contribution >= 0.6 is 0 Å². The number of nitrogens with one attached hydrogen (secondary N) is 3. The molecular formula is C19H29FN4O. The minimum atomic E-state index is -0.196. The minimum Gasteiger partial charge on any atom is -0.356 e. The van der Waals surface area contributed by atoms with E-state index in [1.54, 1.807) is 19.2 Å². The van der Waals surface area contributed by atoms with E-state index in [4.69, 9.17) is 0 Å². The van der Waals surface area contributed by atoms with Crippen LogP contribution in [0.2, 0.25) is 0 Å². The molecule has 0 saturated heterocycles. The van der Waals surface area contributed by atoms with Crippen molar-refractivity contribution < 1.29 is 9.18 Å². The molecule has 5 nitrogen and oxygen atoms in total. The van der Waals surface area contributed by atoms with Gasteiger partial charge in [0.25, 0.3) is 0 Å². The Labute approximate surface area is 149 Å². The van der Waals surface area contributed by atoms with Crippen LogP contribution in [-0.4, -0.2) is 38.0 Å². The SMILES string of the molecule is CCC(C)NC(=O)CCNC(=NC)NCC1(c2cccc(F)c2)CC1. The number of halogens is 1. The minimum absolute atomic E-state index is 0.00630. The highest BCUT2D eigenvalue weighted by Gasteiger charge is 2.44.